The van der Waals surface area contributed by atoms with Gasteiger partial charge in [0.05, 0.1) is 4.92 Å². The molecule has 3 rings (SSSR count). The Hall–Kier alpha value is -2.60. The Kier molecular flexibility index (Phi) is 4.16. The molecule has 1 N–H and O–H groups in total. The largest absolute Gasteiger partial charge is 0.350 e. The van der Waals surface area contributed by atoms with E-state index in [-0.39, 0.29) is 11.6 Å². The third kappa shape index (κ3) is 3.27. The second kappa shape index (κ2) is 6.26. The van der Waals surface area contributed by atoms with Gasteiger partial charge in [-0.15, -0.1) is 0 Å². The molecular formula is C16H14ClN3O3. The lowest BCUT2D eigenvalue weighted by molar-refractivity contribution is -0.383. The second-order valence-corrected chi connectivity index (χ2v) is 5.68. The first kappa shape index (κ1) is 15.3. The van der Waals surface area contributed by atoms with Crippen molar-refractivity contribution >= 4 is 40.3 Å². The zero-order valence-corrected chi connectivity index (χ0v) is 12.9. The van der Waals surface area contributed by atoms with Crippen LogP contribution in [0.5, 0.6) is 0 Å². The first-order chi connectivity index (χ1) is 11.0. The molecule has 2 aromatic rings. The van der Waals surface area contributed by atoms with E-state index >= 15 is 0 Å². The van der Waals surface area contributed by atoms with E-state index in [0.29, 0.717) is 22.8 Å². The van der Waals surface area contributed by atoms with Gasteiger partial charge in [0.15, 0.2) is 0 Å². The summed E-state index contributed by atoms with van der Waals surface area (Å²) in [6, 6.07) is 11.7. The van der Waals surface area contributed by atoms with Crippen LogP contribution >= 0.6 is 11.6 Å². The summed E-state index contributed by atoms with van der Waals surface area (Å²) in [6.45, 7) is 0.730. The number of hydrogen-bond acceptors (Lipinski definition) is 4. The number of carbonyl (C=O) groups is 1. The van der Waals surface area contributed by atoms with Crippen LogP contribution in [0.15, 0.2) is 42.5 Å². The van der Waals surface area contributed by atoms with Crippen molar-refractivity contribution in [1.29, 1.82) is 0 Å². The van der Waals surface area contributed by atoms with Crippen molar-refractivity contribution in [3.8, 4) is 0 Å². The minimum Gasteiger partial charge on any atom is -0.350 e. The summed E-state index contributed by atoms with van der Waals surface area (Å²) in [5.74, 6) is 0.124. The van der Waals surface area contributed by atoms with Gasteiger partial charge in [0, 0.05) is 35.4 Å². The topological polar surface area (TPSA) is 75.5 Å². The molecule has 1 aliphatic heterocycles. The molecule has 0 atom stereocenters. The molecule has 1 fully saturated rings. The highest BCUT2D eigenvalue weighted by Gasteiger charge is 2.21. The Morgan fingerprint density at radius 2 is 1.91 bits per heavy atom. The van der Waals surface area contributed by atoms with Gasteiger partial charge in [-0.25, -0.2) is 0 Å². The lowest BCUT2D eigenvalue weighted by Crippen LogP contribution is -2.23. The molecule has 1 amide bonds. The number of anilines is 3. The minimum absolute atomic E-state index is 0.0868. The highest BCUT2D eigenvalue weighted by Crippen LogP contribution is 2.31. The quantitative estimate of drug-likeness (QED) is 0.675. The maximum absolute atomic E-state index is 11.7. The van der Waals surface area contributed by atoms with E-state index in [1.807, 2.05) is 12.1 Å². The van der Waals surface area contributed by atoms with Crippen LogP contribution in [0.4, 0.5) is 22.7 Å². The van der Waals surface area contributed by atoms with Crippen LogP contribution in [0.2, 0.25) is 5.02 Å². The van der Waals surface area contributed by atoms with Gasteiger partial charge in [0.2, 0.25) is 5.91 Å². The van der Waals surface area contributed by atoms with Crippen molar-refractivity contribution in [2.24, 2.45) is 0 Å². The number of halogens is 1. The fourth-order valence-electron chi connectivity index (χ4n) is 2.56. The van der Waals surface area contributed by atoms with E-state index in [9.17, 15) is 14.9 Å². The zero-order valence-electron chi connectivity index (χ0n) is 12.2. The molecule has 0 unspecified atom stereocenters. The van der Waals surface area contributed by atoms with E-state index in [2.05, 4.69) is 5.32 Å². The summed E-state index contributed by atoms with van der Waals surface area (Å²) < 4.78 is 0. The van der Waals surface area contributed by atoms with Crippen molar-refractivity contribution < 1.29 is 9.72 Å². The van der Waals surface area contributed by atoms with Crippen molar-refractivity contribution in [3.63, 3.8) is 0 Å². The van der Waals surface area contributed by atoms with Gasteiger partial charge in [0.1, 0.15) is 5.69 Å². The zero-order chi connectivity index (χ0) is 16.4. The summed E-state index contributed by atoms with van der Waals surface area (Å²) >= 11 is 5.80. The molecular weight excluding hydrogens is 318 g/mol. The van der Waals surface area contributed by atoms with E-state index in [0.717, 1.165) is 18.7 Å². The molecule has 0 aromatic heterocycles. The number of rotatable bonds is 4. The number of carbonyl (C=O) groups excluding carboxylic acids is 1. The van der Waals surface area contributed by atoms with Crippen LogP contribution in [0.25, 0.3) is 0 Å². The first-order valence-electron chi connectivity index (χ1n) is 7.16. The van der Waals surface area contributed by atoms with Crippen LogP contribution < -0.4 is 10.2 Å². The summed E-state index contributed by atoms with van der Waals surface area (Å²) in [5, 5.41) is 14.4. The SMILES string of the molecule is O=C1CCCN1c1ccc(Nc2ccc(Cl)cc2[N+](=O)[O-])cc1. The summed E-state index contributed by atoms with van der Waals surface area (Å²) in [6.07, 6.45) is 1.45. The van der Waals surface area contributed by atoms with Crippen LogP contribution in [0, 0.1) is 10.1 Å². The molecule has 0 bridgehead atoms. The van der Waals surface area contributed by atoms with Crippen molar-refractivity contribution in [2.45, 2.75) is 12.8 Å². The van der Waals surface area contributed by atoms with Gasteiger partial charge in [0.25, 0.3) is 5.69 Å². The molecule has 1 aliphatic rings. The Morgan fingerprint density at radius 3 is 2.52 bits per heavy atom. The van der Waals surface area contributed by atoms with Crippen LogP contribution in [-0.2, 0) is 4.79 Å². The van der Waals surface area contributed by atoms with Crippen LogP contribution in [0.1, 0.15) is 12.8 Å². The second-order valence-electron chi connectivity index (χ2n) is 5.24. The van der Waals surface area contributed by atoms with E-state index in [1.165, 1.54) is 6.07 Å². The number of nitro groups is 1. The van der Waals surface area contributed by atoms with Crippen molar-refractivity contribution in [3.05, 3.63) is 57.6 Å². The third-order valence-corrected chi connectivity index (χ3v) is 3.92. The Balaban J connectivity index is 1.81. The lowest BCUT2D eigenvalue weighted by atomic mass is 10.2. The predicted octanol–water partition coefficient (Wildman–Crippen LogP) is 4.12. The lowest BCUT2D eigenvalue weighted by Gasteiger charge is -2.16. The van der Waals surface area contributed by atoms with Gasteiger partial charge in [-0.2, -0.15) is 0 Å². The number of nitro benzene ring substituents is 1. The molecule has 0 spiro atoms. The molecule has 0 saturated carbocycles. The summed E-state index contributed by atoms with van der Waals surface area (Å²) in [5.41, 5.74) is 1.81. The molecule has 6 nitrogen and oxygen atoms in total. The van der Waals surface area contributed by atoms with Crippen LogP contribution in [-0.4, -0.2) is 17.4 Å². The van der Waals surface area contributed by atoms with Crippen molar-refractivity contribution in [2.75, 3.05) is 16.8 Å². The summed E-state index contributed by atoms with van der Waals surface area (Å²) in [4.78, 5) is 24.1. The fourth-order valence-corrected chi connectivity index (χ4v) is 2.73. The highest BCUT2D eigenvalue weighted by molar-refractivity contribution is 6.30. The van der Waals surface area contributed by atoms with Gasteiger partial charge in [-0.1, -0.05) is 11.6 Å². The standard InChI is InChI=1S/C16H14ClN3O3/c17-11-3-8-14(15(10-11)20(22)23)18-12-4-6-13(7-5-12)19-9-1-2-16(19)21/h3-8,10,18H,1-2,9H2. The Bertz CT molecular complexity index is 762. The highest BCUT2D eigenvalue weighted by atomic mass is 35.5. The smallest absolute Gasteiger partial charge is 0.294 e. The van der Waals surface area contributed by atoms with Gasteiger partial charge in [-0.3, -0.25) is 14.9 Å². The third-order valence-electron chi connectivity index (χ3n) is 3.69. The molecule has 0 aliphatic carbocycles. The molecule has 118 valence electrons. The maximum Gasteiger partial charge on any atom is 0.294 e. The summed E-state index contributed by atoms with van der Waals surface area (Å²) in [7, 11) is 0. The van der Waals surface area contributed by atoms with Gasteiger partial charge < -0.3 is 10.2 Å². The Morgan fingerprint density at radius 1 is 1.17 bits per heavy atom. The normalized spacial score (nSPS) is 14.1. The number of amides is 1. The first-order valence-corrected chi connectivity index (χ1v) is 7.54. The van der Waals surface area contributed by atoms with E-state index < -0.39 is 4.92 Å². The van der Waals surface area contributed by atoms with Gasteiger partial charge in [-0.05, 0) is 42.8 Å². The molecule has 7 heteroatoms. The monoisotopic (exact) mass is 331 g/mol. The molecule has 1 heterocycles. The molecule has 0 radical (unpaired) electrons. The number of hydrogen-bond donors (Lipinski definition) is 1. The van der Waals surface area contributed by atoms with Crippen molar-refractivity contribution in [1.82, 2.24) is 0 Å². The maximum atomic E-state index is 11.7. The molecule has 23 heavy (non-hydrogen) atoms. The van der Waals surface area contributed by atoms with Crippen LogP contribution in [0.3, 0.4) is 0 Å². The van der Waals surface area contributed by atoms with Gasteiger partial charge >= 0.3 is 0 Å². The Labute approximate surface area is 137 Å². The van der Waals surface area contributed by atoms with E-state index in [1.54, 1.807) is 29.2 Å². The average molecular weight is 332 g/mol. The number of nitrogens with one attached hydrogen (secondary N) is 1. The predicted molar refractivity (Wildman–Crippen MR) is 89.4 cm³/mol. The van der Waals surface area contributed by atoms with E-state index in [4.69, 9.17) is 11.6 Å². The minimum atomic E-state index is -0.481. The number of nitrogens with zero attached hydrogens (tertiary/aromatic N) is 2. The molecule has 2 aromatic carbocycles. The average Bonchev–Trinajstić information content (AvgIpc) is 2.96. The fraction of sp³-hybridized carbons (Fsp3) is 0.188. The molecule has 1 saturated heterocycles. The number of benzene rings is 2.